The van der Waals surface area contributed by atoms with E-state index in [0.717, 1.165) is 38.1 Å². The third kappa shape index (κ3) is 9.08. The summed E-state index contributed by atoms with van der Waals surface area (Å²) in [6.07, 6.45) is -0.0253. The molecule has 0 bridgehead atoms. The van der Waals surface area contributed by atoms with Crippen LogP contribution in [0.15, 0.2) is 17.3 Å². The van der Waals surface area contributed by atoms with Gasteiger partial charge in [-0.1, -0.05) is 19.8 Å². The topological polar surface area (TPSA) is 74.2 Å². The zero-order valence-corrected chi connectivity index (χ0v) is 16.1. The van der Waals surface area contributed by atoms with Crippen LogP contribution in [0.3, 0.4) is 0 Å². The maximum Gasteiger partial charge on any atom is 0.433 e. The molecule has 0 saturated carbocycles. The van der Waals surface area contributed by atoms with Crippen molar-refractivity contribution < 1.29 is 13.2 Å². The molecule has 1 aromatic rings. The predicted molar refractivity (Wildman–Crippen MR) is 99.8 cm³/mol. The fourth-order valence-electron chi connectivity index (χ4n) is 1.76. The van der Waals surface area contributed by atoms with Gasteiger partial charge in [0.1, 0.15) is 5.69 Å². The number of anilines is 1. The van der Waals surface area contributed by atoms with Crippen LogP contribution < -0.4 is 16.0 Å². The van der Waals surface area contributed by atoms with E-state index in [0.29, 0.717) is 19.0 Å². The van der Waals surface area contributed by atoms with Gasteiger partial charge in [-0.25, -0.2) is 9.97 Å². The van der Waals surface area contributed by atoms with Gasteiger partial charge in [0, 0.05) is 32.9 Å². The van der Waals surface area contributed by atoms with Crippen molar-refractivity contribution in [3.05, 3.63) is 18.0 Å². The van der Waals surface area contributed by atoms with Crippen molar-refractivity contribution in [2.45, 2.75) is 32.4 Å². The first-order valence-electron chi connectivity index (χ1n) is 7.56. The Labute approximate surface area is 157 Å². The lowest BCUT2D eigenvalue weighted by atomic mass is 10.2. The molecule has 0 unspecified atom stereocenters. The lowest BCUT2D eigenvalue weighted by molar-refractivity contribution is -0.141. The molecule has 10 heteroatoms. The van der Waals surface area contributed by atoms with Gasteiger partial charge in [0.2, 0.25) is 5.95 Å². The zero-order valence-electron chi connectivity index (χ0n) is 13.8. The Morgan fingerprint density at radius 2 is 1.88 bits per heavy atom. The fourth-order valence-corrected chi connectivity index (χ4v) is 1.76. The molecule has 0 atom stereocenters. The molecule has 6 nitrogen and oxygen atoms in total. The monoisotopic (exact) mass is 460 g/mol. The van der Waals surface area contributed by atoms with E-state index in [4.69, 9.17) is 0 Å². The average Bonchev–Trinajstić information content (AvgIpc) is 2.53. The summed E-state index contributed by atoms with van der Waals surface area (Å²) in [6.45, 7) is 3.82. The number of nitrogens with one attached hydrogen (secondary N) is 3. The Kier molecular flexibility index (Phi) is 11.4. The highest BCUT2D eigenvalue weighted by atomic mass is 127. The van der Waals surface area contributed by atoms with Crippen molar-refractivity contribution in [3.63, 3.8) is 0 Å². The molecule has 1 aromatic heterocycles. The van der Waals surface area contributed by atoms with Crippen molar-refractivity contribution in [1.82, 2.24) is 20.6 Å². The standard InChI is InChI=1S/C14H23F3N6.HI/c1-3-4-5-7-19-12(18-2)21-9-10-22-13-20-8-6-11(23-13)14(15,16)17;/h6,8H,3-5,7,9-10H2,1-2H3,(H2,18,19,21)(H,20,22,23);1H. The zero-order chi connectivity index (χ0) is 17.1. The van der Waals surface area contributed by atoms with Gasteiger partial charge in [0.15, 0.2) is 5.96 Å². The predicted octanol–water partition coefficient (Wildman–Crippen LogP) is 2.88. The second-order valence-corrected chi connectivity index (χ2v) is 4.82. The molecule has 3 N–H and O–H groups in total. The van der Waals surface area contributed by atoms with E-state index in [9.17, 15) is 13.2 Å². The van der Waals surface area contributed by atoms with E-state index < -0.39 is 11.9 Å². The van der Waals surface area contributed by atoms with Gasteiger partial charge in [-0.2, -0.15) is 13.2 Å². The van der Waals surface area contributed by atoms with Crippen LogP contribution in [0.25, 0.3) is 0 Å². The maximum atomic E-state index is 12.5. The van der Waals surface area contributed by atoms with Crippen LogP contribution in [0.1, 0.15) is 31.9 Å². The van der Waals surface area contributed by atoms with Crippen LogP contribution in [-0.2, 0) is 6.18 Å². The minimum atomic E-state index is -4.47. The Balaban J connectivity index is 0.00000529. The first-order chi connectivity index (χ1) is 11.0. The van der Waals surface area contributed by atoms with Crippen LogP contribution in [-0.4, -0.2) is 42.6 Å². The van der Waals surface area contributed by atoms with Crippen LogP contribution in [0, 0.1) is 0 Å². The Bertz CT molecular complexity index is 496. The summed E-state index contributed by atoms with van der Waals surface area (Å²) < 4.78 is 37.6. The molecule has 0 amide bonds. The van der Waals surface area contributed by atoms with Crippen molar-refractivity contribution >= 4 is 35.9 Å². The Morgan fingerprint density at radius 1 is 1.17 bits per heavy atom. The molecule has 138 valence electrons. The van der Waals surface area contributed by atoms with E-state index in [1.54, 1.807) is 7.05 Å². The summed E-state index contributed by atoms with van der Waals surface area (Å²) in [4.78, 5) is 11.3. The molecule has 0 aliphatic carbocycles. The number of hydrogen-bond donors (Lipinski definition) is 3. The lowest BCUT2D eigenvalue weighted by Gasteiger charge is -2.12. The molecule has 0 spiro atoms. The molecule has 0 radical (unpaired) electrons. The summed E-state index contributed by atoms with van der Waals surface area (Å²) in [5.74, 6) is 0.611. The van der Waals surface area contributed by atoms with E-state index >= 15 is 0 Å². The normalized spacial score (nSPS) is 11.6. The first kappa shape index (κ1) is 22.7. The minimum Gasteiger partial charge on any atom is -0.356 e. The highest BCUT2D eigenvalue weighted by Gasteiger charge is 2.32. The van der Waals surface area contributed by atoms with Gasteiger partial charge in [0.05, 0.1) is 0 Å². The quantitative estimate of drug-likeness (QED) is 0.241. The minimum absolute atomic E-state index is 0. The number of hydrogen-bond acceptors (Lipinski definition) is 4. The fraction of sp³-hybridized carbons (Fsp3) is 0.643. The maximum absolute atomic E-state index is 12.5. The Morgan fingerprint density at radius 3 is 2.50 bits per heavy atom. The number of rotatable bonds is 8. The van der Waals surface area contributed by atoms with Gasteiger partial charge in [-0.15, -0.1) is 24.0 Å². The van der Waals surface area contributed by atoms with Crippen LogP contribution in [0.4, 0.5) is 19.1 Å². The molecule has 0 saturated heterocycles. The molecule has 0 aliphatic heterocycles. The smallest absolute Gasteiger partial charge is 0.356 e. The summed E-state index contributed by atoms with van der Waals surface area (Å²) >= 11 is 0. The van der Waals surface area contributed by atoms with Gasteiger partial charge in [-0.3, -0.25) is 4.99 Å². The number of unbranched alkanes of at least 4 members (excludes halogenated alkanes) is 2. The molecular weight excluding hydrogens is 436 g/mol. The second kappa shape index (κ2) is 12.1. The van der Waals surface area contributed by atoms with Gasteiger partial charge < -0.3 is 16.0 Å². The van der Waals surface area contributed by atoms with Crippen molar-refractivity contribution in [2.75, 3.05) is 32.0 Å². The largest absolute Gasteiger partial charge is 0.433 e. The summed E-state index contributed by atoms with van der Waals surface area (Å²) in [5, 5.41) is 8.97. The molecule has 0 fully saturated rings. The van der Waals surface area contributed by atoms with Crippen molar-refractivity contribution in [3.8, 4) is 0 Å². The van der Waals surface area contributed by atoms with E-state index in [1.807, 2.05) is 0 Å². The third-order valence-corrected chi connectivity index (χ3v) is 2.94. The molecule has 24 heavy (non-hydrogen) atoms. The number of aliphatic imine (C=N–C) groups is 1. The summed E-state index contributed by atoms with van der Waals surface area (Å²) in [6, 6.07) is 0.839. The molecule has 0 aliphatic rings. The molecule has 1 rings (SSSR count). The number of aromatic nitrogens is 2. The summed E-state index contributed by atoms with van der Waals surface area (Å²) in [5.41, 5.74) is -0.962. The number of guanidine groups is 1. The molecule has 0 aromatic carbocycles. The number of alkyl halides is 3. The SMILES string of the molecule is CCCCCNC(=NC)NCCNc1nccc(C(F)(F)F)n1.I. The van der Waals surface area contributed by atoms with Gasteiger partial charge in [0.25, 0.3) is 0 Å². The Hall–Kier alpha value is -1.33. The number of halogens is 4. The van der Waals surface area contributed by atoms with E-state index in [1.165, 1.54) is 0 Å². The van der Waals surface area contributed by atoms with Gasteiger partial charge >= 0.3 is 6.18 Å². The molecular formula is C14H24F3IN6. The van der Waals surface area contributed by atoms with Crippen LogP contribution in [0.2, 0.25) is 0 Å². The first-order valence-corrected chi connectivity index (χ1v) is 7.56. The highest BCUT2D eigenvalue weighted by Crippen LogP contribution is 2.27. The van der Waals surface area contributed by atoms with Crippen molar-refractivity contribution in [1.29, 1.82) is 0 Å². The number of nitrogens with zero attached hydrogens (tertiary/aromatic N) is 3. The second-order valence-electron chi connectivity index (χ2n) is 4.82. The van der Waals surface area contributed by atoms with Gasteiger partial charge in [-0.05, 0) is 12.5 Å². The summed E-state index contributed by atoms with van der Waals surface area (Å²) in [7, 11) is 1.67. The molecule has 1 heterocycles. The highest BCUT2D eigenvalue weighted by molar-refractivity contribution is 14.0. The van der Waals surface area contributed by atoms with E-state index in [-0.39, 0.29) is 29.9 Å². The lowest BCUT2D eigenvalue weighted by Crippen LogP contribution is -2.40. The van der Waals surface area contributed by atoms with Crippen molar-refractivity contribution in [2.24, 2.45) is 4.99 Å². The van der Waals surface area contributed by atoms with E-state index in [2.05, 4.69) is 37.8 Å². The third-order valence-electron chi connectivity index (χ3n) is 2.94. The van der Waals surface area contributed by atoms with Crippen LogP contribution in [0.5, 0.6) is 0 Å². The average molecular weight is 460 g/mol. The van der Waals surface area contributed by atoms with Crippen LogP contribution >= 0.6 is 24.0 Å².